The average molecular weight is 282 g/mol. The molecule has 102 valence electrons. The molecular formula is C17H18N2S. The third-order valence-electron chi connectivity index (χ3n) is 3.43. The first-order valence-corrected chi connectivity index (χ1v) is 7.75. The molecule has 2 nitrogen and oxygen atoms in total. The van der Waals surface area contributed by atoms with Crippen LogP contribution in [0, 0.1) is 6.92 Å². The first-order chi connectivity index (χ1) is 9.74. The van der Waals surface area contributed by atoms with E-state index in [1.54, 1.807) is 11.3 Å². The molecule has 0 radical (unpaired) electrons. The number of hydrogen-bond acceptors (Lipinski definition) is 3. The quantitative estimate of drug-likeness (QED) is 0.745. The third-order valence-corrected chi connectivity index (χ3v) is 4.40. The summed E-state index contributed by atoms with van der Waals surface area (Å²) >= 11 is 1.73. The van der Waals surface area contributed by atoms with Gasteiger partial charge in [0.2, 0.25) is 0 Å². The van der Waals surface area contributed by atoms with Crippen LogP contribution in [0.3, 0.4) is 0 Å². The number of nitrogens with zero attached hydrogens (tertiary/aromatic N) is 1. The van der Waals surface area contributed by atoms with Gasteiger partial charge in [0.1, 0.15) is 0 Å². The second-order valence-electron chi connectivity index (χ2n) is 5.01. The second-order valence-corrected chi connectivity index (χ2v) is 6.04. The number of aromatic nitrogens is 1. The van der Waals surface area contributed by atoms with Crippen LogP contribution >= 0.6 is 11.3 Å². The molecule has 0 spiro atoms. The van der Waals surface area contributed by atoms with Crippen molar-refractivity contribution in [1.29, 1.82) is 0 Å². The molecule has 0 saturated carbocycles. The number of fused-ring (bicyclic) bond motifs is 1. The highest BCUT2D eigenvalue weighted by molar-refractivity contribution is 7.22. The predicted molar refractivity (Wildman–Crippen MR) is 87.5 cm³/mol. The van der Waals surface area contributed by atoms with Crippen molar-refractivity contribution in [2.75, 3.05) is 5.32 Å². The van der Waals surface area contributed by atoms with Crippen LogP contribution in [0.25, 0.3) is 10.2 Å². The number of hydrogen-bond donors (Lipinski definition) is 1. The third kappa shape index (κ3) is 2.83. The van der Waals surface area contributed by atoms with E-state index < -0.39 is 0 Å². The zero-order chi connectivity index (χ0) is 13.9. The maximum absolute atomic E-state index is 4.63. The van der Waals surface area contributed by atoms with E-state index in [1.165, 1.54) is 21.4 Å². The summed E-state index contributed by atoms with van der Waals surface area (Å²) in [4.78, 5) is 4.63. The molecule has 0 unspecified atom stereocenters. The number of aryl methyl sites for hydroxylation is 2. The number of nitrogens with one attached hydrogen (secondary N) is 1. The van der Waals surface area contributed by atoms with Gasteiger partial charge < -0.3 is 5.32 Å². The van der Waals surface area contributed by atoms with E-state index >= 15 is 0 Å². The summed E-state index contributed by atoms with van der Waals surface area (Å²) in [6, 6.07) is 15.1. The molecule has 1 heterocycles. The zero-order valence-electron chi connectivity index (χ0n) is 11.8. The molecule has 0 atom stereocenters. The van der Waals surface area contributed by atoms with Crippen molar-refractivity contribution in [1.82, 2.24) is 4.98 Å². The SMILES string of the molecule is CCc1ccc2nc(NCc3ccc(C)cc3)sc2c1. The lowest BCUT2D eigenvalue weighted by Crippen LogP contribution is -1.98. The van der Waals surface area contributed by atoms with E-state index in [4.69, 9.17) is 0 Å². The fourth-order valence-electron chi connectivity index (χ4n) is 2.15. The topological polar surface area (TPSA) is 24.9 Å². The Balaban J connectivity index is 1.75. The number of rotatable bonds is 4. The van der Waals surface area contributed by atoms with Gasteiger partial charge in [0, 0.05) is 6.54 Å². The lowest BCUT2D eigenvalue weighted by Gasteiger charge is -2.02. The van der Waals surface area contributed by atoms with Crippen LogP contribution < -0.4 is 5.32 Å². The Morgan fingerprint density at radius 3 is 2.55 bits per heavy atom. The van der Waals surface area contributed by atoms with Gasteiger partial charge in [-0.15, -0.1) is 0 Å². The van der Waals surface area contributed by atoms with Crippen LogP contribution in [0.1, 0.15) is 23.6 Å². The van der Waals surface area contributed by atoms with E-state index in [0.717, 1.165) is 23.6 Å². The lowest BCUT2D eigenvalue weighted by molar-refractivity contribution is 1.13. The molecule has 0 aliphatic heterocycles. The lowest BCUT2D eigenvalue weighted by atomic mass is 10.1. The summed E-state index contributed by atoms with van der Waals surface area (Å²) in [6.07, 6.45) is 1.07. The van der Waals surface area contributed by atoms with Crippen molar-refractivity contribution in [2.24, 2.45) is 0 Å². The van der Waals surface area contributed by atoms with E-state index in [9.17, 15) is 0 Å². The summed E-state index contributed by atoms with van der Waals surface area (Å²) in [5.41, 5.74) is 5.02. The molecule has 0 bridgehead atoms. The van der Waals surface area contributed by atoms with Gasteiger partial charge in [-0.3, -0.25) is 0 Å². The minimum absolute atomic E-state index is 0.820. The smallest absolute Gasteiger partial charge is 0.184 e. The van der Waals surface area contributed by atoms with Crippen molar-refractivity contribution in [3.05, 3.63) is 59.2 Å². The van der Waals surface area contributed by atoms with Crippen molar-refractivity contribution in [3.63, 3.8) is 0 Å². The molecule has 2 aromatic carbocycles. The van der Waals surface area contributed by atoms with Gasteiger partial charge in [-0.25, -0.2) is 4.98 Å². The maximum Gasteiger partial charge on any atom is 0.184 e. The van der Waals surface area contributed by atoms with Gasteiger partial charge in [0.05, 0.1) is 10.2 Å². The first kappa shape index (κ1) is 13.1. The van der Waals surface area contributed by atoms with E-state index in [-0.39, 0.29) is 0 Å². The van der Waals surface area contributed by atoms with Crippen LogP contribution in [0.5, 0.6) is 0 Å². The van der Waals surface area contributed by atoms with Gasteiger partial charge in [0.25, 0.3) is 0 Å². The van der Waals surface area contributed by atoms with Crippen LogP contribution in [0.2, 0.25) is 0 Å². The molecule has 3 rings (SSSR count). The Hall–Kier alpha value is -1.87. The monoisotopic (exact) mass is 282 g/mol. The highest BCUT2D eigenvalue weighted by atomic mass is 32.1. The molecule has 0 amide bonds. The minimum atomic E-state index is 0.820. The molecule has 1 N–H and O–H groups in total. The number of anilines is 1. The first-order valence-electron chi connectivity index (χ1n) is 6.93. The number of thiazole rings is 1. The fraction of sp³-hybridized carbons (Fsp3) is 0.235. The number of benzene rings is 2. The van der Waals surface area contributed by atoms with E-state index in [0.29, 0.717) is 0 Å². The van der Waals surface area contributed by atoms with Gasteiger partial charge in [-0.2, -0.15) is 0 Å². The van der Waals surface area contributed by atoms with Crippen molar-refractivity contribution < 1.29 is 0 Å². The normalized spacial score (nSPS) is 10.9. The standard InChI is InChI=1S/C17H18N2S/c1-3-13-8-9-15-16(10-13)20-17(19-15)18-11-14-6-4-12(2)5-7-14/h4-10H,3,11H2,1-2H3,(H,18,19). The van der Waals surface area contributed by atoms with Crippen molar-refractivity contribution in [3.8, 4) is 0 Å². The Bertz CT molecular complexity index is 713. The van der Waals surface area contributed by atoms with Gasteiger partial charge >= 0.3 is 0 Å². The molecule has 3 aromatic rings. The molecule has 0 aliphatic carbocycles. The van der Waals surface area contributed by atoms with E-state index in [1.807, 2.05) is 0 Å². The zero-order valence-corrected chi connectivity index (χ0v) is 12.6. The molecule has 0 fully saturated rings. The van der Waals surface area contributed by atoms with Crippen LogP contribution in [0.15, 0.2) is 42.5 Å². The summed E-state index contributed by atoms with van der Waals surface area (Å²) in [7, 11) is 0. The largest absolute Gasteiger partial charge is 0.357 e. The Kier molecular flexibility index (Phi) is 3.70. The van der Waals surface area contributed by atoms with Crippen LogP contribution in [-0.4, -0.2) is 4.98 Å². The summed E-state index contributed by atoms with van der Waals surface area (Å²) < 4.78 is 1.26. The summed E-state index contributed by atoms with van der Waals surface area (Å²) in [5.74, 6) is 0. The minimum Gasteiger partial charge on any atom is -0.357 e. The Labute approximate surface area is 123 Å². The van der Waals surface area contributed by atoms with Crippen LogP contribution in [0.4, 0.5) is 5.13 Å². The van der Waals surface area contributed by atoms with Gasteiger partial charge in [0.15, 0.2) is 5.13 Å². The highest BCUT2D eigenvalue weighted by Gasteiger charge is 2.04. The molecular weight excluding hydrogens is 264 g/mol. The van der Waals surface area contributed by atoms with E-state index in [2.05, 4.69) is 66.6 Å². The molecule has 20 heavy (non-hydrogen) atoms. The van der Waals surface area contributed by atoms with Crippen molar-refractivity contribution >= 4 is 26.7 Å². The second kappa shape index (κ2) is 5.63. The summed E-state index contributed by atoms with van der Waals surface area (Å²) in [6.45, 7) is 5.11. The van der Waals surface area contributed by atoms with Crippen LogP contribution in [-0.2, 0) is 13.0 Å². The van der Waals surface area contributed by atoms with Gasteiger partial charge in [-0.1, -0.05) is 54.2 Å². The summed E-state index contributed by atoms with van der Waals surface area (Å²) in [5, 5.41) is 4.41. The fourth-order valence-corrected chi connectivity index (χ4v) is 3.07. The molecule has 1 aromatic heterocycles. The maximum atomic E-state index is 4.63. The molecule has 3 heteroatoms. The molecule has 0 saturated heterocycles. The average Bonchev–Trinajstić information content (AvgIpc) is 2.88. The van der Waals surface area contributed by atoms with Gasteiger partial charge in [-0.05, 0) is 36.6 Å². The highest BCUT2D eigenvalue weighted by Crippen LogP contribution is 2.27. The molecule has 0 aliphatic rings. The van der Waals surface area contributed by atoms with Crippen molar-refractivity contribution in [2.45, 2.75) is 26.8 Å². The predicted octanol–water partition coefficient (Wildman–Crippen LogP) is 4.78. The Morgan fingerprint density at radius 1 is 1.05 bits per heavy atom. The Morgan fingerprint density at radius 2 is 1.80 bits per heavy atom.